The highest BCUT2D eigenvalue weighted by molar-refractivity contribution is 8.03. The van der Waals surface area contributed by atoms with Crippen molar-refractivity contribution in [3.05, 3.63) is 136 Å². The Bertz CT molecular complexity index is 1710. The summed E-state index contributed by atoms with van der Waals surface area (Å²) < 4.78 is 2.27. The summed E-state index contributed by atoms with van der Waals surface area (Å²) in [5, 5.41) is 0. The number of alkyl halides is 1. The second-order valence-electron chi connectivity index (χ2n) is 12.8. The van der Waals surface area contributed by atoms with Crippen LogP contribution in [-0.2, 0) is 10.8 Å². The zero-order chi connectivity index (χ0) is 30.9. The maximum absolute atomic E-state index is 6.32. The molecule has 3 nitrogen and oxygen atoms in total. The van der Waals surface area contributed by atoms with Gasteiger partial charge in [0.25, 0.3) is 0 Å². The molecule has 6 rings (SSSR count). The summed E-state index contributed by atoms with van der Waals surface area (Å²) in [6, 6.07) is 28.2. The average molecular weight is 621 g/mol. The zero-order valence-electron chi connectivity index (χ0n) is 26.3. The lowest BCUT2D eigenvalue weighted by atomic mass is 9.81. The van der Waals surface area contributed by atoms with Crippen molar-refractivity contribution in [2.45, 2.75) is 62.7 Å². The number of fused-ring (bicyclic) bond motifs is 2. The van der Waals surface area contributed by atoms with Crippen LogP contribution in [0.3, 0.4) is 0 Å². The van der Waals surface area contributed by atoms with Crippen LogP contribution >= 0.6 is 23.4 Å². The van der Waals surface area contributed by atoms with Crippen LogP contribution in [0.1, 0.15) is 58.1 Å². The number of para-hydroxylation sites is 2. The van der Waals surface area contributed by atoms with E-state index in [1.807, 2.05) is 11.8 Å². The molecule has 0 saturated carbocycles. The van der Waals surface area contributed by atoms with Gasteiger partial charge in [-0.3, -0.25) is 5.73 Å². The molecule has 0 amide bonds. The lowest BCUT2D eigenvalue weighted by Crippen LogP contribution is -2.29. The van der Waals surface area contributed by atoms with Gasteiger partial charge in [0, 0.05) is 56.7 Å². The van der Waals surface area contributed by atoms with E-state index in [9.17, 15) is 0 Å². The third-order valence-electron chi connectivity index (χ3n) is 9.39. The van der Waals surface area contributed by atoms with Gasteiger partial charge in [0.15, 0.2) is 5.71 Å². The Morgan fingerprint density at radius 1 is 0.841 bits per heavy atom. The van der Waals surface area contributed by atoms with E-state index in [1.165, 1.54) is 54.9 Å². The molecule has 3 aliphatic rings. The number of rotatable bonds is 9. The molecule has 0 aromatic heterocycles. The van der Waals surface area contributed by atoms with Crippen molar-refractivity contribution in [1.29, 1.82) is 0 Å². The Labute approximate surface area is 272 Å². The number of hydrogen-bond acceptors (Lipinski definition) is 3. The highest BCUT2D eigenvalue weighted by atomic mass is 35.5. The van der Waals surface area contributed by atoms with E-state index >= 15 is 0 Å². The van der Waals surface area contributed by atoms with Gasteiger partial charge < -0.3 is 4.90 Å². The van der Waals surface area contributed by atoms with Crippen molar-refractivity contribution in [3.63, 3.8) is 0 Å². The minimum Gasteiger partial charge on any atom is -0.344 e. The number of nitrogens with two attached hydrogens (primary N) is 1. The van der Waals surface area contributed by atoms with E-state index in [1.54, 1.807) is 0 Å². The minimum absolute atomic E-state index is 0.0802. The van der Waals surface area contributed by atoms with Crippen LogP contribution in [0, 0.1) is 0 Å². The Morgan fingerprint density at radius 3 is 2.30 bits per heavy atom. The van der Waals surface area contributed by atoms with Crippen LogP contribution in [0.4, 0.5) is 11.4 Å². The third kappa shape index (κ3) is 5.53. The SMILES string of the molecule is CC1(C)C(=CC=C2CCC(C=CC3=[N+](CN)c4ccccc4C3(C)C)=C2Sc2ccccc2)N(CCCCl)c2ccccc21. The number of halogens is 1. The molecule has 1 aliphatic carbocycles. The Morgan fingerprint density at radius 2 is 1.55 bits per heavy atom. The molecule has 0 radical (unpaired) electrons. The average Bonchev–Trinajstić information content (AvgIpc) is 3.59. The number of benzene rings is 3. The number of nitrogens with zero attached hydrogens (tertiary/aromatic N) is 2. The highest BCUT2D eigenvalue weighted by Crippen LogP contribution is 2.49. The van der Waals surface area contributed by atoms with E-state index in [2.05, 4.69) is 140 Å². The first kappa shape index (κ1) is 30.7. The van der Waals surface area contributed by atoms with E-state index in [-0.39, 0.29) is 10.8 Å². The van der Waals surface area contributed by atoms with Crippen LogP contribution in [0.25, 0.3) is 0 Å². The van der Waals surface area contributed by atoms with Crippen LogP contribution in [0.15, 0.2) is 130 Å². The molecule has 44 heavy (non-hydrogen) atoms. The van der Waals surface area contributed by atoms with E-state index in [0.717, 1.165) is 25.8 Å². The molecule has 0 atom stereocenters. The van der Waals surface area contributed by atoms with Crippen molar-refractivity contribution in [2.75, 3.05) is 24.0 Å². The van der Waals surface area contributed by atoms with Gasteiger partial charge in [-0.1, -0.05) is 92.4 Å². The molecule has 0 spiro atoms. The molecule has 0 saturated heterocycles. The standard InChI is InChI=1S/C39H43ClN3S/c1-38(2)31-15-8-10-17-33(31)42(26-12-25-40)35(38)23-21-28-19-20-29(37(28)44-30-13-6-5-7-14-30)22-24-36-39(3,4)32-16-9-11-18-34(32)43(36)27-41/h5-11,13-18,21-24H,12,19-20,25-27,41H2,1-4H3/q+1. The second kappa shape index (κ2) is 12.6. The third-order valence-corrected chi connectivity index (χ3v) is 10.9. The predicted molar refractivity (Wildman–Crippen MR) is 189 cm³/mol. The monoisotopic (exact) mass is 620 g/mol. The smallest absolute Gasteiger partial charge is 0.210 e. The number of allylic oxidation sites excluding steroid dienone is 7. The molecule has 0 unspecified atom stereocenters. The summed E-state index contributed by atoms with van der Waals surface area (Å²) in [5.74, 6) is 0.659. The summed E-state index contributed by atoms with van der Waals surface area (Å²) in [4.78, 5) is 5.10. The Kier molecular flexibility index (Phi) is 8.79. The fourth-order valence-corrected chi connectivity index (χ4v) is 8.31. The quantitative estimate of drug-likeness (QED) is 0.191. The largest absolute Gasteiger partial charge is 0.344 e. The van der Waals surface area contributed by atoms with Crippen molar-refractivity contribution in [1.82, 2.24) is 0 Å². The summed E-state index contributed by atoms with van der Waals surface area (Å²) in [5.41, 5.74) is 16.7. The second-order valence-corrected chi connectivity index (χ2v) is 14.3. The lowest BCUT2D eigenvalue weighted by molar-refractivity contribution is -0.436. The lowest BCUT2D eigenvalue weighted by Gasteiger charge is -2.27. The van der Waals surface area contributed by atoms with Crippen molar-refractivity contribution < 1.29 is 4.58 Å². The zero-order valence-corrected chi connectivity index (χ0v) is 27.9. The molecule has 3 aromatic carbocycles. The highest BCUT2D eigenvalue weighted by Gasteiger charge is 2.44. The molecule has 2 aliphatic heterocycles. The van der Waals surface area contributed by atoms with Crippen LogP contribution < -0.4 is 10.6 Å². The molecule has 0 fully saturated rings. The van der Waals surface area contributed by atoms with Gasteiger partial charge in [0.1, 0.15) is 0 Å². The fourth-order valence-electron chi connectivity index (χ4n) is 7.05. The van der Waals surface area contributed by atoms with Gasteiger partial charge >= 0.3 is 0 Å². The van der Waals surface area contributed by atoms with Gasteiger partial charge in [0.05, 0.1) is 5.41 Å². The molecular weight excluding hydrogens is 578 g/mol. The number of anilines is 1. The van der Waals surface area contributed by atoms with E-state index in [0.29, 0.717) is 12.5 Å². The summed E-state index contributed by atoms with van der Waals surface area (Å²) >= 11 is 8.05. The normalized spacial score (nSPS) is 20.5. The summed E-state index contributed by atoms with van der Waals surface area (Å²) in [6.07, 6.45) is 12.4. The molecule has 226 valence electrons. The van der Waals surface area contributed by atoms with E-state index < -0.39 is 0 Å². The predicted octanol–water partition coefficient (Wildman–Crippen LogP) is 9.61. The van der Waals surface area contributed by atoms with Gasteiger partial charge in [0.2, 0.25) is 12.4 Å². The van der Waals surface area contributed by atoms with Gasteiger partial charge in [-0.05, 0) is 74.1 Å². The van der Waals surface area contributed by atoms with Crippen molar-refractivity contribution in [3.8, 4) is 0 Å². The van der Waals surface area contributed by atoms with Crippen molar-refractivity contribution in [2.24, 2.45) is 5.73 Å². The topological polar surface area (TPSA) is 32.3 Å². The first-order chi connectivity index (χ1) is 21.3. The first-order valence-electron chi connectivity index (χ1n) is 15.7. The molecule has 2 N–H and O–H groups in total. The van der Waals surface area contributed by atoms with E-state index in [4.69, 9.17) is 17.3 Å². The summed E-state index contributed by atoms with van der Waals surface area (Å²) in [6.45, 7) is 10.7. The molecule has 3 aromatic rings. The molecule has 2 heterocycles. The maximum atomic E-state index is 6.32. The molecule has 5 heteroatoms. The molecular formula is C39H43ClN3S+. The maximum Gasteiger partial charge on any atom is 0.210 e. The van der Waals surface area contributed by atoms with Gasteiger partial charge in [-0.2, -0.15) is 4.58 Å². The van der Waals surface area contributed by atoms with Crippen LogP contribution in [0.2, 0.25) is 0 Å². The summed E-state index contributed by atoms with van der Waals surface area (Å²) in [7, 11) is 0. The van der Waals surface area contributed by atoms with Gasteiger partial charge in [-0.15, -0.1) is 11.6 Å². The Balaban J connectivity index is 1.40. The number of thioether (sulfide) groups is 1. The molecule has 0 bridgehead atoms. The van der Waals surface area contributed by atoms with Gasteiger partial charge in [-0.25, -0.2) is 0 Å². The Hall–Kier alpha value is -3.31. The minimum atomic E-state index is -0.114. The number of hydrogen-bond donors (Lipinski definition) is 1. The first-order valence-corrected chi connectivity index (χ1v) is 17.1. The fraction of sp³-hybridized carbons (Fsp3) is 0.308. The van der Waals surface area contributed by atoms with Crippen molar-refractivity contribution >= 4 is 40.4 Å². The van der Waals surface area contributed by atoms with Crippen LogP contribution in [-0.4, -0.2) is 29.4 Å². The van der Waals surface area contributed by atoms with Crippen LogP contribution in [0.5, 0.6) is 0 Å².